The first-order chi connectivity index (χ1) is 10.4. The molecule has 0 saturated carbocycles. The van der Waals surface area contributed by atoms with E-state index in [0.29, 0.717) is 0 Å². The van der Waals surface area contributed by atoms with Crippen molar-refractivity contribution in [2.45, 2.75) is 6.54 Å². The Hall–Kier alpha value is -2.74. The summed E-state index contributed by atoms with van der Waals surface area (Å²) in [5, 5.41) is 7.31. The highest BCUT2D eigenvalue weighted by molar-refractivity contribution is 5.84. The van der Waals surface area contributed by atoms with Crippen LogP contribution < -0.4 is 5.32 Å². The van der Waals surface area contributed by atoms with Gasteiger partial charge in [0.2, 0.25) is 0 Å². The summed E-state index contributed by atoms with van der Waals surface area (Å²) >= 11 is 0. The van der Waals surface area contributed by atoms with Gasteiger partial charge in [-0.05, 0) is 46.7 Å². The topological polar surface area (TPSA) is 27.8 Å². The Balaban J connectivity index is 1.56. The Morgan fingerprint density at radius 2 is 1.67 bits per heavy atom. The van der Waals surface area contributed by atoms with Crippen molar-refractivity contribution >= 4 is 27.4 Å². The molecule has 0 aliphatic heterocycles. The third-order valence-corrected chi connectivity index (χ3v) is 3.86. The van der Waals surface area contributed by atoms with Crippen LogP contribution in [0.15, 0.2) is 72.9 Å². The quantitative estimate of drug-likeness (QED) is 0.543. The SMILES string of the molecule is c1ccc2cc(CNc3ccc4[nH]ccc4c3)ccc2c1. The van der Waals surface area contributed by atoms with Gasteiger partial charge >= 0.3 is 0 Å². The average Bonchev–Trinajstić information content (AvgIpc) is 3.00. The number of anilines is 1. The molecule has 2 N–H and O–H groups in total. The number of fused-ring (bicyclic) bond motifs is 2. The molecule has 0 spiro atoms. The van der Waals surface area contributed by atoms with E-state index in [9.17, 15) is 0 Å². The molecule has 21 heavy (non-hydrogen) atoms. The fourth-order valence-electron chi connectivity index (χ4n) is 2.72. The van der Waals surface area contributed by atoms with Gasteiger partial charge in [-0.1, -0.05) is 36.4 Å². The van der Waals surface area contributed by atoms with E-state index in [1.54, 1.807) is 0 Å². The number of nitrogens with one attached hydrogen (secondary N) is 2. The molecule has 0 atom stereocenters. The van der Waals surface area contributed by atoms with Gasteiger partial charge in [0.05, 0.1) is 0 Å². The maximum absolute atomic E-state index is 3.49. The van der Waals surface area contributed by atoms with E-state index in [2.05, 4.69) is 77.0 Å². The lowest BCUT2D eigenvalue weighted by Crippen LogP contribution is -1.98. The summed E-state index contributed by atoms with van der Waals surface area (Å²) in [6, 6.07) is 23.6. The molecule has 3 aromatic carbocycles. The first kappa shape index (κ1) is 12.0. The van der Waals surface area contributed by atoms with Crippen LogP contribution in [-0.4, -0.2) is 4.98 Å². The van der Waals surface area contributed by atoms with Crippen LogP contribution in [0.2, 0.25) is 0 Å². The van der Waals surface area contributed by atoms with Crippen LogP contribution >= 0.6 is 0 Å². The van der Waals surface area contributed by atoms with Gasteiger partial charge in [-0.3, -0.25) is 0 Å². The predicted molar refractivity (Wildman–Crippen MR) is 89.6 cm³/mol. The molecular formula is C19H16N2. The van der Waals surface area contributed by atoms with Crippen LogP contribution in [0.3, 0.4) is 0 Å². The molecule has 0 aliphatic rings. The van der Waals surface area contributed by atoms with Crippen molar-refractivity contribution in [2.24, 2.45) is 0 Å². The summed E-state index contributed by atoms with van der Waals surface area (Å²) in [5.74, 6) is 0. The zero-order chi connectivity index (χ0) is 14.1. The third-order valence-electron chi connectivity index (χ3n) is 3.86. The normalized spacial score (nSPS) is 11.0. The molecular weight excluding hydrogens is 256 g/mol. The van der Waals surface area contributed by atoms with Crippen molar-refractivity contribution in [3.8, 4) is 0 Å². The zero-order valence-electron chi connectivity index (χ0n) is 11.6. The molecule has 0 bridgehead atoms. The zero-order valence-corrected chi connectivity index (χ0v) is 11.6. The van der Waals surface area contributed by atoms with E-state index in [1.165, 1.54) is 27.2 Å². The first-order valence-electron chi connectivity index (χ1n) is 7.17. The molecule has 0 unspecified atom stereocenters. The van der Waals surface area contributed by atoms with Crippen molar-refractivity contribution in [3.05, 3.63) is 78.5 Å². The third kappa shape index (κ3) is 2.36. The standard InChI is InChI=1S/C19H16N2/c1-2-4-16-11-14(5-6-15(16)3-1)13-21-18-7-8-19-17(12-18)9-10-20-19/h1-12,20-21H,13H2. The highest BCUT2D eigenvalue weighted by Gasteiger charge is 1.99. The highest BCUT2D eigenvalue weighted by atomic mass is 14.9. The maximum atomic E-state index is 3.49. The summed E-state index contributed by atoms with van der Waals surface area (Å²) in [6.07, 6.45) is 1.97. The largest absolute Gasteiger partial charge is 0.381 e. The minimum absolute atomic E-state index is 0.834. The molecule has 1 aromatic heterocycles. The lowest BCUT2D eigenvalue weighted by Gasteiger charge is -2.08. The summed E-state index contributed by atoms with van der Waals surface area (Å²) in [4.78, 5) is 3.21. The van der Waals surface area contributed by atoms with Crippen LogP contribution in [0, 0.1) is 0 Å². The van der Waals surface area contributed by atoms with Gasteiger partial charge in [0, 0.05) is 29.3 Å². The molecule has 0 saturated heterocycles. The van der Waals surface area contributed by atoms with E-state index < -0.39 is 0 Å². The molecule has 4 rings (SSSR count). The lowest BCUT2D eigenvalue weighted by atomic mass is 10.1. The number of aromatic amines is 1. The Morgan fingerprint density at radius 1 is 0.762 bits per heavy atom. The molecule has 0 aliphatic carbocycles. The fraction of sp³-hybridized carbons (Fsp3) is 0.0526. The molecule has 2 heteroatoms. The monoisotopic (exact) mass is 272 g/mol. The molecule has 0 fully saturated rings. The van der Waals surface area contributed by atoms with E-state index in [0.717, 1.165) is 12.2 Å². The van der Waals surface area contributed by atoms with Gasteiger partial charge in [-0.25, -0.2) is 0 Å². The number of hydrogen-bond donors (Lipinski definition) is 2. The minimum Gasteiger partial charge on any atom is -0.381 e. The van der Waals surface area contributed by atoms with Crippen LogP contribution in [0.25, 0.3) is 21.7 Å². The number of hydrogen-bond acceptors (Lipinski definition) is 1. The Labute approximate surface area is 123 Å². The molecule has 0 radical (unpaired) electrons. The summed E-state index contributed by atoms with van der Waals surface area (Å²) < 4.78 is 0. The van der Waals surface area contributed by atoms with Gasteiger partial charge in [0.25, 0.3) is 0 Å². The van der Waals surface area contributed by atoms with E-state index >= 15 is 0 Å². The maximum Gasteiger partial charge on any atom is 0.0455 e. The molecule has 102 valence electrons. The van der Waals surface area contributed by atoms with Crippen molar-refractivity contribution in [3.63, 3.8) is 0 Å². The van der Waals surface area contributed by atoms with Crippen LogP contribution in [-0.2, 0) is 6.54 Å². The van der Waals surface area contributed by atoms with Gasteiger partial charge in [-0.15, -0.1) is 0 Å². The number of rotatable bonds is 3. The van der Waals surface area contributed by atoms with Crippen molar-refractivity contribution in [1.82, 2.24) is 4.98 Å². The fourth-order valence-corrected chi connectivity index (χ4v) is 2.72. The van der Waals surface area contributed by atoms with Crippen molar-refractivity contribution < 1.29 is 0 Å². The van der Waals surface area contributed by atoms with Gasteiger partial charge in [0.15, 0.2) is 0 Å². The van der Waals surface area contributed by atoms with Crippen molar-refractivity contribution in [2.75, 3.05) is 5.32 Å². The van der Waals surface area contributed by atoms with Crippen molar-refractivity contribution in [1.29, 1.82) is 0 Å². The Morgan fingerprint density at radius 3 is 2.62 bits per heavy atom. The highest BCUT2D eigenvalue weighted by Crippen LogP contribution is 2.20. The summed E-state index contributed by atoms with van der Waals surface area (Å²) in [5.41, 5.74) is 3.62. The second-order valence-electron chi connectivity index (χ2n) is 5.31. The van der Waals surface area contributed by atoms with E-state index in [4.69, 9.17) is 0 Å². The second kappa shape index (κ2) is 4.98. The smallest absolute Gasteiger partial charge is 0.0455 e. The second-order valence-corrected chi connectivity index (χ2v) is 5.31. The molecule has 2 nitrogen and oxygen atoms in total. The Kier molecular flexibility index (Phi) is 2.86. The van der Waals surface area contributed by atoms with Gasteiger partial charge < -0.3 is 10.3 Å². The van der Waals surface area contributed by atoms with Crippen LogP contribution in [0.4, 0.5) is 5.69 Å². The summed E-state index contributed by atoms with van der Waals surface area (Å²) in [6.45, 7) is 0.834. The summed E-state index contributed by atoms with van der Waals surface area (Å²) in [7, 11) is 0. The first-order valence-corrected chi connectivity index (χ1v) is 7.17. The lowest BCUT2D eigenvalue weighted by molar-refractivity contribution is 1.16. The van der Waals surface area contributed by atoms with Crippen LogP contribution in [0.5, 0.6) is 0 Å². The molecule has 4 aromatic rings. The average molecular weight is 272 g/mol. The van der Waals surface area contributed by atoms with E-state index in [-0.39, 0.29) is 0 Å². The predicted octanol–water partition coefficient (Wildman–Crippen LogP) is 4.93. The molecule has 0 amide bonds. The molecule has 1 heterocycles. The van der Waals surface area contributed by atoms with Gasteiger partial charge in [0.1, 0.15) is 0 Å². The van der Waals surface area contributed by atoms with E-state index in [1.807, 2.05) is 6.20 Å². The number of benzene rings is 3. The Bertz CT molecular complexity index is 905. The van der Waals surface area contributed by atoms with Gasteiger partial charge in [-0.2, -0.15) is 0 Å². The van der Waals surface area contributed by atoms with Crippen LogP contribution in [0.1, 0.15) is 5.56 Å². The minimum atomic E-state index is 0.834. The number of aromatic nitrogens is 1. The number of H-pyrrole nitrogens is 1.